The molecule has 2 aromatic carbocycles. The van der Waals surface area contributed by atoms with E-state index in [1.165, 1.54) is 0 Å². The van der Waals surface area contributed by atoms with E-state index in [1.54, 1.807) is 0 Å². The fourth-order valence-electron chi connectivity index (χ4n) is 3.67. The van der Waals surface area contributed by atoms with Crippen LogP contribution in [-0.4, -0.2) is 42.2 Å². The first-order valence-electron chi connectivity index (χ1n) is 9.23. The average molecular weight is 391 g/mol. The summed E-state index contributed by atoms with van der Waals surface area (Å²) in [5.41, 5.74) is 3.02. The zero-order valence-corrected chi connectivity index (χ0v) is 15.7. The van der Waals surface area contributed by atoms with Crippen LogP contribution in [0.1, 0.15) is 35.6 Å². The Bertz CT molecular complexity index is 809. The monoisotopic (exact) mass is 390 g/mol. The molecular formula is C21H23ClO5. The zero-order chi connectivity index (χ0) is 18.8. The molecule has 6 heteroatoms. The van der Waals surface area contributed by atoms with Crippen molar-refractivity contribution in [3.8, 4) is 11.5 Å². The predicted molar refractivity (Wildman–Crippen MR) is 102 cm³/mol. The van der Waals surface area contributed by atoms with Crippen LogP contribution >= 0.6 is 11.6 Å². The van der Waals surface area contributed by atoms with Crippen molar-refractivity contribution >= 4 is 11.6 Å². The Balaban J connectivity index is 1.56. The van der Waals surface area contributed by atoms with Gasteiger partial charge in [0, 0.05) is 17.9 Å². The number of ether oxygens (including phenoxy) is 3. The Morgan fingerprint density at radius 2 is 1.81 bits per heavy atom. The first-order chi connectivity index (χ1) is 13.1. The standard InChI is InChI=1S/C21H23ClO5/c22-18-3-2-14(20-11-16(24)10-17(12-23)27-20)9-15(18)7-13-1-4-19-21(8-13)26-6-5-25-19/h1-4,8-9,16-17,20,23-24H,5-7,10-12H2. The van der Waals surface area contributed by atoms with Crippen LogP contribution in [0.25, 0.3) is 0 Å². The van der Waals surface area contributed by atoms with E-state index < -0.39 is 6.10 Å². The van der Waals surface area contributed by atoms with E-state index in [4.69, 9.17) is 25.8 Å². The molecule has 3 atom stereocenters. The highest BCUT2D eigenvalue weighted by atomic mass is 35.5. The molecule has 0 radical (unpaired) electrons. The zero-order valence-electron chi connectivity index (χ0n) is 14.9. The fraction of sp³-hybridized carbons (Fsp3) is 0.429. The largest absolute Gasteiger partial charge is 0.486 e. The summed E-state index contributed by atoms with van der Waals surface area (Å²) in [5.74, 6) is 1.53. The molecule has 0 saturated carbocycles. The lowest BCUT2D eigenvalue weighted by Gasteiger charge is -2.32. The van der Waals surface area contributed by atoms with Crippen LogP contribution in [0.5, 0.6) is 11.5 Å². The third kappa shape index (κ3) is 4.22. The fourth-order valence-corrected chi connectivity index (χ4v) is 3.85. The summed E-state index contributed by atoms with van der Waals surface area (Å²) in [5, 5.41) is 20.1. The summed E-state index contributed by atoms with van der Waals surface area (Å²) in [6.07, 6.45) is 0.574. The molecule has 0 aromatic heterocycles. The first kappa shape index (κ1) is 18.6. The summed E-state index contributed by atoms with van der Waals surface area (Å²) in [6, 6.07) is 11.7. The van der Waals surface area contributed by atoms with Crippen molar-refractivity contribution in [3.05, 3.63) is 58.1 Å². The molecule has 2 N–H and O–H groups in total. The maximum absolute atomic E-state index is 10.1. The lowest BCUT2D eigenvalue weighted by molar-refractivity contribution is -0.113. The van der Waals surface area contributed by atoms with Crippen LogP contribution in [0.4, 0.5) is 0 Å². The minimum Gasteiger partial charge on any atom is -0.486 e. The Labute approximate surface area is 163 Å². The maximum Gasteiger partial charge on any atom is 0.161 e. The molecule has 3 unspecified atom stereocenters. The van der Waals surface area contributed by atoms with Gasteiger partial charge in [0.2, 0.25) is 0 Å². The third-order valence-electron chi connectivity index (χ3n) is 5.02. The Kier molecular flexibility index (Phi) is 5.55. The summed E-state index contributed by atoms with van der Waals surface area (Å²) in [7, 11) is 0. The molecule has 144 valence electrons. The van der Waals surface area contributed by atoms with Gasteiger partial charge in [-0.2, -0.15) is 0 Å². The van der Waals surface area contributed by atoms with Gasteiger partial charge < -0.3 is 24.4 Å². The van der Waals surface area contributed by atoms with Gasteiger partial charge in [0.25, 0.3) is 0 Å². The Hall–Kier alpha value is -1.79. The van der Waals surface area contributed by atoms with E-state index in [1.807, 2.05) is 36.4 Å². The second-order valence-electron chi connectivity index (χ2n) is 7.06. The average Bonchev–Trinajstić information content (AvgIpc) is 2.69. The molecule has 2 aliphatic rings. The lowest BCUT2D eigenvalue weighted by Crippen LogP contribution is -2.33. The second kappa shape index (κ2) is 8.07. The first-order valence-corrected chi connectivity index (χ1v) is 9.61. The molecule has 2 aromatic rings. The third-order valence-corrected chi connectivity index (χ3v) is 5.39. The number of fused-ring (bicyclic) bond motifs is 1. The molecule has 0 spiro atoms. The molecule has 1 saturated heterocycles. The summed E-state index contributed by atoms with van der Waals surface area (Å²) in [6.45, 7) is 1.04. The van der Waals surface area contributed by atoms with Crippen molar-refractivity contribution in [1.29, 1.82) is 0 Å². The molecule has 4 rings (SSSR count). The van der Waals surface area contributed by atoms with Crippen LogP contribution in [-0.2, 0) is 11.2 Å². The molecule has 0 amide bonds. The van der Waals surface area contributed by atoms with Crippen molar-refractivity contribution in [3.63, 3.8) is 0 Å². The van der Waals surface area contributed by atoms with Crippen molar-refractivity contribution in [1.82, 2.24) is 0 Å². The van der Waals surface area contributed by atoms with Gasteiger partial charge in [0.1, 0.15) is 13.2 Å². The molecule has 1 fully saturated rings. The number of aliphatic hydroxyl groups is 2. The summed E-state index contributed by atoms with van der Waals surface area (Å²) in [4.78, 5) is 0. The van der Waals surface area contributed by atoms with Crippen LogP contribution in [0.3, 0.4) is 0 Å². The van der Waals surface area contributed by atoms with Gasteiger partial charge in [-0.3, -0.25) is 0 Å². The highest BCUT2D eigenvalue weighted by molar-refractivity contribution is 6.31. The van der Waals surface area contributed by atoms with Crippen LogP contribution in [0.2, 0.25) is 5.02 Å². The number of benzene rings is 2. The van der Waals surface area contributed by atoms with Gasteiger partial charge in [0.05, 0.1) is 24.9 Å². The Morgan fingerprint density at radius 3 is 2.63 bits per heavy atom. The molecule has 0 bridgehead atoms. The van der Waals surface area contributed by atoms with Crippen molar-refractivity contribution in [2.45, 2.75) is 37.6 Å². The highest BCUT2D eigenvalue weighted by Gasteiger charge is 2.29. The van der Waals surface area contributed by atoms with Gasteiger partial charge in [-0.25, -0.2) is 0 Å². The molecule has 2 aliphatic heterocycles. The SMILES string of the molecule is OCC1CC(O)CC(c2ccc(Cl)c(Cc3ccc4c(c3)OCCO4)c2)O1. The quantitative estimate of drug-likeness (QED) is 0.838. The van der Waals surface area contributed by atoms with Gasteiger partial charge in [-0.05, 0) is 41.3 Å². The molecule has 2 heterocycles. The van der Waals surface area contributed by atoms with Gasteiger partial charge >= 0.3 is 0 Å². The van der Waals surface area contributed by atoms with Crippen molar-refractivity contribution in [2.24, 2.45) is 0 Å². The van der Waals surface area contributed by atoms with Crippen molar-refractivity contribution in [2.75, 3.05) is 19.8 Å². The number of hydrogen-bond donors (Lipinski definition) is 2. The topological polar surface area (TPSA) is 68.2 Å². The minimum atomic E-state index is -0.474. The smallest absolute Gasteiger partial charge is 0.161 e. The summed E-state index contributed by atoms with van der Waals surface area (Å²) >= 11 is 6.43. The van der Waals surface area contributed by atoms with E-state index >= 15 is 0 Å². The van der Waals surface area contributed by atoms with E-state index in [-0.39, 0.29) is 18.8 Å². The van der Waals surface area contributed by atoms with Crippen LogP contribution in [0.15, 0.2) is 36.4 Å². The maximum atomic E-state index is 10.1. The van der Waals surface area contributed by atoms with Gasteiger partial charge in [0.15, 0.2) is 11.5 Å². The van der Waals surface area contributed by atoms with Crippen molar-refractivity contribution < 1.29 is 24.4 Å². The normalized spacial score (nSPS) is 24.6. The second-order valence-corrected chi connectivity index (χ2v) is 7.47. The number of rotatable bonds is 4. The van der Waals surface area contributed by atoms with Crippen LogP contribution < -0.4 is 9.47 Å². The van der Waals surface area contributed by atoms with Gasteiger partial charge in [-0.15, -0.1) is 0 Å². The minimum absolute atomic E-state index is 0.0921. The summed E-state index contributed by atoms with van der Waals surface area (Å²) < 4.78 is 17.1. The molecule has 5 nitrogen and oxygen atoms in total. The van der Waals surface area contributed by atoms with E-state index in [2.05, 4.69) is 0 Å². The van der Waals surface area contributed by atoms with Crippen LogP contribution in [0, 0.1) is 0 Å². The molecule has 27 heavy (non-hydrogen) atoms. The number of hydrogen-bond acceptors (Lipinski definition) is 5. The van der Waals surface area contributed by atoms with E-state index in [0.29, 0.717) is 37.5 Å². The Morgan fingerprint density at radius 1 is 1.00 bits per heavy atom. The number of halogens is 1. The van der Waals surface area contributed by atoms with E-state index in [9.17, 15) is 10.2 Å². The molecular weight excluding hydrogens is 368 g/mol. The lowest BCUT2D eigenvalue weighted by atomic mass is 9.94. The molecule has 0 aliphatic carbocycles. The predicted octanol–water partition coefficient (Wildman–Crippen LogP) is 3.28. The van der Waals surface area contributed by atoms with Gasteiger partial charge in [-0.1, -0.05) is 29.8 Å². The van der Waals surface area contributed by atoms with E-state index in [0.717, 1.165) is 28.2 Å². The highest BCUT2D eigenvalue weighted by Crippen LogP contribution is 2.35. The number of aliphatic hydroxyl groups excluding tert-OH is 2.